The second kappa shape index (κ2) is 10.5. The van der Waals surface area contributed by atoms with Gasteiger partial charge in [0.05, 0.1) is 6.42 Å². The van der Waals surface area contributed by atoms with Crippen molar-refractivity contribution in [3.05, 3.63) is 0 Å². The van der Waals surface area contributed by atoms with E-state index in [1.54, 1.807) is 0 Å². The molecule has 1 unspecified atom stereocenters. The highest BCUT2D eigenvalue weighted by molar-refractivity contribution is 6.20. The van der Waals surface area contributed by atoms with Gasteiger partial charge in [0.25, 0.3) is 0 Å². The minimum absolute atomic E-state index is 0.691. The molecule has 0 rings (SSSR count). The Morgan fingerprint density at radius 2 is 1.20 bits per heavy atom. The molecule has 0 fully saturated rings. The fourth-order valence-corrected chi connectivity index (χ4v) is 1.08. The van der Waals surface area contributed by atoms with Crippen molar-refractivity contribution in [2.24, 2.45) is 0 Å². The summed E-state index contributed by atoms with van der Waals surface area (Å²) in [7, 11) is 0.691. The molecule has 0 aliphatic rings. The molecule has 0 aromatic heterocycles. The van der Waals surface area contributed by atoms with Gasteiger partial charge in [-0.2, -0.15) is 0 Å². The summed E-state index contributed by atoms with van der Waals surface area (Å²) >= 11 is 0. The zero-order valence-electron chi connectivity index (χ0n) is 12.4. The average molecular weight is 370 g/mol. The van der Waals surface area contributed by atoms with Crippen LogP contribution in [0.25, 0.3) is 0 Å². The molecule has 142 valence electrons. The molecule has 0 aromatic carbocycles. The third-order valence-electron chi connectivity index (χ3n) is 2.25. The average Bonchev–Trinajstić information content (AvgIpc) is 2.43. The van der Waals surface area contributed by atoms with Crippen molar-refractivity contribution in [2.45, 2.75) is 18.1 Å². The third kappa shape index (κ3) is 7.71. The Morgan fingerprint density at radius 3 is 1.36 bits per heavy atom. The summed E-state index contributed by atoms with van der Waals surface area (Å²) in [4.78, 5) is 61.0. The Bertz CT molecular complexity index is 513. The van der Waals surface area contributed by atoms with E-state index in [9.17, 15) is 28.8 Å². The highest BCUT2D eigenvalue weighted by Gasteiger charge is 2.55. The predicted molar refractivity (Wildman–Crippen MR) is 69.9 cm³/mol. The third-order valence-corrected chi connectivity index (χ3v) is 2.25. The Hall–Kier alpha value is -3.26. The fraction of sp³-hybridized carbons (Fsp3) is 0.455. The summed E-state index contributed by atoms with van der Waals surface area (Å²) < 4.78 is 8.22. The first-order chi connectivity index (χ1) is 11.3. The van der Waals surface area contributed by atoms with Crippen LogP contribution in [0, 0.1) is 0 Å². The molecule has 1 atom stereocenters. The quantitative estimate of drug-likeness (QED) is 0.220. The minimum atomic E-state index is -3.21. The van der Waals surface area contributed by atoms with E-state index < -0.39 is 60.5 Å². The van der Waals surface area contributed by atoms with Gasteiger partial charge >= 0.3 is 41.4 Å². The SMILES string of the molecule is COC(C(=O)O)(C(=O)O)C(=O)O.O=C(O)COC(CC(=O)O)C(=O)O. The number of methoxy groups -OCH3 is 1. The van der Waals surface area contributed by atoms with Gasteiger partial charge in [-0.25, -0.2) is 24.0 Å². The van der Waals surface area contributed by atoms with Gasteiger partial charge in [-0.1, -0.05) is 0 Å². The molecule has 14 nitrogen and oxygen atoms in total. The zero-order valence-corrected chi connectivity index (χ0v) is 12.4. The van der Waals surface area contributed by atoms with E-state index in [-0.39, 0.29) is 0 Å². The van der Waals surface area contributed by atoms with Crippen molar-refractivity contribution < 1.29 is 68.9 Å². The molecule has 0 saturated carbocycles. The van der Waals surface area contributed by atoms with Crippen molar-refractivity contribution in [3.63, 3.8) is 0 Å². The maximum absolute atomic E-state index is 10.3. The molecule has 0 bridgehead atoms. The molecule has 14 heteroatoms. The monoisotopic (exact) mass is 370 g/mol. The van der Waals surface area contributed by atoms with Crippen LogP contribution in [0.5, 0.6) is 0 Å². The second-order valence-corrected chi connectivity index (χ2v) is 3.93. The van der Waals surface area contributed by atoms with Crippen molar-refractivity contribution in [1.82, 2.24) is 0 Å². The van der Waals surface area contributed by atoms with E-state index in [0.29, 0.717) is 7.11 Å². The van der Waals surface area contributed by atoms with E-state index in [1.165, 1.54) is 0 Å². The maximum Gasteiger partial charge on any atom is 0.360 e. The largest absolute Gasteiger partial charge is 0.481 e. The fourth-order valence-electron chi connectivity index (χ4n) is 1.08. The van der Waals surface area contributed by atoms with Crippen LogP contribution < -0.4 is 0 Å². The highest BCUT2D eigenvalue weighted by atomic mass is 16.6. The smallest absolute Gasteiger partial charge is 0.360 e. The molecule has 25 heavy (non-hydrogen) atoms. The van der Waals surface area contributed by atoms with E-state index in [0.717, 1.165) is 0 Å². The second-order valence-electron chi connectivity index (χ2n) is 3.93. The molecule has 0 heterocycles. The van der Waals surface area contributed by atoms with Crippen LogP contribution >= 0.6 is 0 Å². The lowest BCUT2D eigenvalue weighted by atomic mass is 10.1. The van der Waals surface area contributed by atoms with Gasteiger partial charge in [0.2, 0.25) is 0 Å². The van der Waals surface area contributed by atoms with Crippen LogP contribution in [-0.4, -0.2) is 91.9 Å². The first kappa shape index (κ1) is 24.0. The number of aliphatic carboxylic acids is 6. The summed E-state index contributed by atoms with van der Waals surface area (Å²) in [6.45, 7) is -0.829. The number of ether oxygens (including phenoxy) is 2. The van der Waals surface area contributed by atoms with Crippen LogP contribution in [0.2, 0.25) is 0 Å². The number of hydrogen-bond acceptors (Lipinski definition) is 8. The van der Waals surface area contributed by atoms with Crippen LogP contribution in [0.15, 0.2) is 0 Å². The molecule has 6 N–H and O–H groups in total. The molecule has 0 spiro atoms. The van der Waals surface area contributed by atoms with Crippen LogP contribution in [0.3, 0.4) is 0 Å². The van der Waals surface area contributed by atoms with Crippen molar-refractivity contribution in [1.29, 1.82) is 0 Å². The molecule has 0 aliphatic heterocycles. The number of carboxylic acids is 6. The molecular formula is C11H14O14. The molecule has 0 aromatic rings. The van der Waals surface area contributed by atoms with E-state index >= 15 is 0 Å². The number of hydrogen-bond donors (Lipinski definition) is 6. The molecule has 0 radical (unpaired) electrons. The van der Waals surface area contributed by atoms with E-state index in [2.05, 4.69) is 9.47 Å². The first-order valence-corrected chi connectivity index (χ1v) is 5.86. The van der Waals surface area contributed by atoms with E-state index in [4.69, 9.17) is 30.6 Å². The van der Waals surface area contributed by atoms with Crippen LogP contribution in [-0.2, 0) is 38.2 Å². The van der Waals surface area contributed by atoms with Gasteiger partial charge < -0.3 is 40.1 Å². The zero-order chi connectivity index (χ0) is 20.4. The predicted octanol–water partition coefficient (Wildman–Crippen LogP) is -2.36. The number of rotatable bonds is 10. The normalized spacial score (nSPS) is 11.4. The summed E-state index contributed by atoms with van der Waals surface area (Å²) in [6, 6.07) is 0. The van der Waals surface area contributed by atoms with Crippen molar-refractivity contribution in [2.75, 3.05) is 13.7 Å². The lowest BCUT2D eigenvalue weighted by Crippen LogP contribution is -2.55. The Kier molecular flexibility index (Phi) is 10.1. The van der Waals surface area contributed by atoms with Gasteiger partial charge in [-0.3, -0.25) is 4.79 Å². The summed E-state index contributed by atoms with van der Waals surface area (Å²) in [5.74, 6) is -10.4. The lowest BCUT2D eigenvalue weighted by molar-refractivity contribution is -0.190. The summed E-state index contributed by atoms with van der Waals surface area (Å²) in [6.07, 6.45) is -2.38. The number of carbonyl (C=O) groups is 6. The maximum atomic E-state index is 10.3. The topological polar surface area (TPSA) is 242 Å². The van der Waals surface area contributed by atoms with E-state index in [1.807, 2.05) is 0 Å². The lowest BCUT2D eigenvalue weighted by Gasteiger charge is -2.17. The molecular weight excluding hydrogens is 356 g/mol. The summed E-state index contributed by atoms with van der Waals surface area (Å²) in [5.41, 5.74) is -3.21. The van der Waals surface area contributed by atoms with Crippen molar-refractivity contribution >= 4 is 35.8 Å². The summed E-state index contributed by atoms with van der Waals surface area (Å²) in [5, 5.41) is 49.5. The van der Waals surface area contributed by atoms with Crippen LogP contribution in [0.1, 0.15) is 6.42 Å². The Morgan fingerprint density at radius 1 is 0.800 bits per heavy atom. The van der Waals surface area contributed by atoms with Crippen molar-refractivity contribution in [3.8, 4) is 0 Å². The van der Waals surface area contributed by atoms with Gasteiger partial charge in [0.1, 0.15) is 6.61 Å². The van der Waals surface area contributed by atoms with Crippen LogP contribution in [0.4, 0.5) is 0 Å². The highest BCUT2D eigenvalue weighted by Crippen LogP contribution is 2.11. The van der Waals surface area contributed by atoms with Gasteiger partial charge in [-0.15, -0.1) is 0 Å². The first-order valence-electron chi connectivity index (χ1n) is 5.86. The Balaban J connectivity index is 0. The molecule has 0 saturated heterocycles. The van der Waals surface area contributed by atoms with Gasteiger partial charge in [0.15, 0.2) is 6.10 Å². The minimum Gasteiger partial charge on any atom is -0.481 e. The Labute approximate surface area is 137 Å². The molecule has 0 amide bonds. The van der Waals surface area contributed by atoms with Gasteiger partial charge in [-0.05, 0) is 0 Å². The molecule has 0 aliphatic carbocycles. The number of carboxylic acid groups (broad SMARTS) is 6. The standard InChI is InChI=1S/C6H8O7.C5H6O7/c7-4(8)1-3(6(11)12)13-2-5(9)10;1-12-5(2(6)7,3(8)9)4(10)11/h3H,1-2H2,(H,7,8)(H,9,10)(H,11,12);1H3,(H,6,7)(H,8,9)(H,10,11). The van der Waals surface area contributed by atoms with Gasteiger partial charge in [0, 0.05) is 7.11 Å².